The van der Waals surface area contributed by atoms with Gasteiger partial charge >= 0.3 is 5.97 Å². The number of rotatable bonds is 4. The lowest BCUT2D eigenvalue weighted by molar-refractivity contribution is -0.141. The van der Waals surface area contributed by atoms with E-state index in [2.05, 4.69) is 29.6 Å². The second-order valence-corrected chi connectivity index (χ2v) is 7.01. The maximum absolute atomic E-state index is 12.4. The highest BCUT2D eigenvalue weighted by molar-refractivity contribution is 5.79. The molecule has 1 aromatic carbocycles. The number of hydrogen-bond donors (Lipinski definition) is 2. The van der Waals surface area contributed by atoms with E-state index in [1.807, 2.05) is 6.07 Å². The summed E-state index contributed by atoms with van der Waals surface area (Å²) < 4.78 is 0. The minimum Gasteiger partial charge on any atom is -0.481 e. The lowest BCUT2D eigenvalue weighted by Gasteiger charge is -2.29. The Bertz CT molecular complexity index is 549. The second-order valence-electron chi connectivity index (χ2n) is 7.01. The van der Waals surface area contributed by atoms with Crippen molar-refractivity contribution in [2.45, 2.75) is 56.9 Å². The molecule has 23 heavy (non-hydrogen) atoms. The molecule has 4 heteroatoms. The van der Waals surface area contributed by atoms with Crippen molar-refractivity contribution >= 4 is 11.9 Å². The monoisotopic (exact) mass is 315 g/mol. The molecule has 0 aromatic heterocycles. The third-order valence-corrected chi connectivity index (χ3v) is 5.50. The number of hydrogen-bond acceptors (Lipinski definition) is 2. The first-order valence-electron chi connectivity index (χ1n) is 8.71. The molecule has 0 aliphatic heterocycles. The zero-order valence-corrected chi connectivity index (χ0v) is 13.4. The first-order valence-corrected chi connectivity index (χ1v) is 8.71. The summed E-state index contributed by atoms with van der Waals surface area (Å²) in [7, 11) is 0. The van der Waals surface area contributed by atoms with Crippen LogP contribution in [0.2, 0.25) is 0 Å². The van der Waals surface area contributed by atoms with Crippen LogP contribution in [-0.2, 0) is 9.59 Å². The molecule has 1 aromatic rings. The number of amides is 1. The fourth-order valence-corrected chi connectivity index (χ4v) is 4.07. The highest BCUT2D eigenvalue weighted by atomic mass is 16.4. The van der Waals surface area contributed by atoms with Crippen LogP contribution in [0.25, 0.3) is 0 Å². The van der Waals surface area contributed by atoms with Gasteiger partial charge in [-0.1, -0.05) is 30.3 Å². The van der Waals surface area contributed by atoms with E-state index >= 15 is 0 Å². The van der Waals surface area contributed by atoms with E-state index < -0.39 is 5.97 Å². The Labute approximate surface area is 137 Å². The van der Waals surface area contributed by atoms with E-state index in [0.717, 1.165) is 32.1 Å². The Balaban J connectivity index is 1.46. The molecule has 2 N–H and O–H groups in total. The van der Waals surface area contributed by atoms with Crippen molar-refractivity contribution < 1.29 is 14.7 Å². The fourth-order valence-electron chi connectivity index (χ4n) is 4.07. The van der Waals surface area contributed by atoms with Gasteiger partial charge in [-0.15, -0.1) is 0 Å². The summed E-state index contributed by atoms with van der Waals surface area (Å²) in [6.07, 6.45) is 6.04. The quantitative estimate of drug-likeness (QED) is 0.895. The van der Waals surface area contributed by atoms with Gasteiger partial charge in [0.05, 0.1) is 5.92 Å². The molecule has 3 rings (SSSR count). The molecule has 124 valence electrons. The molecular weight excluding hydrogens is 290 g/mol. The van der Waals surface area contributed by atoms with Gasteiger partial charge in [0.2, 0.25) is 5.91 Å². The molecule has 2 fully saturated rings. The van der Waals surface area contributed by atoms with Crippen LogP contribution in [0.3, 0.4) is 0 Å². The molecule has 0 spiro atoms. The van der Waals surface area contributed by atoms with Gasteiger partial charge in [-0.3, -0.25) is 9.59 Å². The Morgan fingerprint density at radius 1 is 0.913 bits per heavy atom. The van der Waals surface area contributed by atoms with E-state index in [1.165, 1.54) is 5.56 Å². The predicted octanol–water partition coefficient (Wildman–Crippen LogP) is 3.33. The lowest BCUT2D eigenvalue weighted by Crippen LogP contribution is -2.39. The molecular formula is C19H25NO3. The largest absolute Gasteiger partial charge is 0.481 e. The normalized spacial score (nSPS) is 30.8. The number of carboxylic acids is 1. The zero-order chi connectivity index (χ0) is 16.2. The van der Waals surface area contributed by atoms with Crippen molar-refractivity contribution in [2.24, 2.45) is 11.8 Å². The molecule has 4 nitrogen and oxygen atoms in total. The number of carbonyl (C=O) groups excluding carboxylic acids is 1. The molecule has 0 radical (unpaired) electrons. The second kappa shape index (κ2) is 7.16. The third-order valence-electron chi connectivity index (χ3n) is 5.50. The maximum Gasteiger partial charge on any atom is 0.306 e. The lowest BCUT2D eigenvalue weighted by atomic mass is 9.78. The molecule has 0 heterocycles. The zero-order valence-electron chi connectivity index (χ0n) is 13.4. The molecule has 0 unspecified atom stereocenters. The van der Waals surface area contributed by atoms with Crippen molar-refractivity contribution in [1.29, 1.82) is 0 Å². The van der Waals surface area contributed by atoms with Gasteiger partial charge in [0.1, 0.15) is 0 Å². The Morgan fingerprint density at radius 2 is 1.57 bits per heavy atom. The summed E-state index contributed by atoms with van der Waals surface area (Å²) in [5.41, 5.74) is 1.38. The summed E-state index contributed by atoms with van der Waals surface area (Å²) >= 11 is 0. The molecule has 2 saturated carbocycles. The molecule has 1 amide bonds. The minimum atomic E-state index is -0.731. The molecule has 2 aliphatic carbocycles. The SMILES string of the molecule is O=C(N[C@H]1CC[C@@H](C(=O)O)C1)C1CCC(c2ccccc2)CC1. The summed E-state index contributed by atoms with van der Waals surface area (Å²) in [5.74, 6) is -0.214. The average molecular weight is 315 g/mol. The summed E-state index contributed by atoms with van der Waals surface area (Å²) in [6, 6.07) is 10.6. The molecule has 2 atom stereocenters. The van der Waals surface area contributed by atoms with Gasteiger partial charge in [-0.2, -0.15) is 0 Å². The van der Waals surface area contributed by atoms with E-state index in [-0.39, 0.29) is 23.8 Å². The van der Waals surface area contributed by atoms with Crippen molar-refractivity contribution in [3.63, 3.8) is 0 Å². The standard InChI is InChI=1S/C19H25NO3/c21-18(20-17-11-10-16(12-17)19(22)23)15-8-6-14(7-9-15)13-4-2-1-3-5-13/h1-5,14-17H,6-12H2,(H,20,21)(H,22,23)/t14?,15?,16-,17+/m1/s1. The summed E-state index contributed by atoms with van der Waals surface area (Å²) in [6.45, 7) is 0. The van der Waals surface area contributed by atoms with Crippen LogP contribution in [0.1, 0.15) is 56.4 Å². The van der Waals surface area contributed by atoms with Crippen molar-refractivity contribution in [3.05, 3.63) is 35.9 Å². The third kappa shape index (κ3) is 3.92. The van der Waals surface area contributed by atoms with Crippen LogP contribution in [0.4, 0.5) is 0 Å². The minimum absolute atomic E-state index is 0.0513. The van der Waals surface area contributed by atoms with E-state index in [9.17, 15) is 9.59 Å². The van der Waals surface area contributed by atoms with Gasteiger partial charge in [0.15, 0.2) is 0 Å². The van der Waals surface area contributed by atoms with Gasteiger partial charge < -0.3 is 10.4 Å². The van der Waals surface area contributed by atoms with Crippen LogP contribution in [0, 0.1) is 11.8 Å². The number of nitrogens with one attached hydrogen (secondary N) is 1. The average Bonchev–Trinajstić information content (AvgIpc) is 3.04. The van der Waals surface area contributed by atoms with E-state index in [1.54, 1.807) is 0 Å². The van der Waals surface area contributed by atoms with Gasteiger partial charge in [0, 0.05) is 12.0 Å². The number of aliphatic carboxylic acids is 1. The Morgan fingerprint density at radius 3 is 2.17 bits per heavy atom. The van der Waals surface area contributed by atoms with Crippen LogP contribution in [0.5, 0.6) is 0 Å². The highest BCUT2D eigenvalue weighted by Crippen LogP contribution is 2.36. The topological polar surface area (TPSA) is 66.4 Å². The first-order chi connectivity index (χ1) is 11.1. The van der Waals surface area contributed by atoms with E-state index in [4.69, 9.17) is 5.11 Å². The summed E-state index contributed by atoms with van der Waals surface area (Å²) in [4.78, 5) is 23.4. The van der Waals surface area contributed by atoms with Crippen LogP contribution < -0.4 is 5.32 Å². The maximum atomic E-state index is 12.4. The first kappa shape index (κ1) is 16.0. The van der Waals surface area contributed by atoms with Crippen molar-refractivity contribution in [2.75, 3.05) is 0 Å². The Kier molecular flexibility index (Phi) is 4.99. The van der Waals surface area contributed by atoms with Crippen LogP contribution >= 0.6 is 0 Å². The summed E-state index contributed by atoms with van der Waals surface area (Å²) in [5, 5.41) is 12.1. The van der Waals surface area contributed by atoms with Crippen LogP contribution in [0.15, 0.2) is 30.3 Å². The van der Waals surface area contributed by atoms with Crippen LogP contribution in [-0.4, -0.2) is 23.0 Å². The number of carbonyl (C=O) groups is 2. The number of benzene rings is 1. The van der Waals surface area contributed by atoms with Gasteiger partial charge in [0.25, 0.3) is 0 Å². The van der Waals surface area contributed by atoms with Crippen molar-refractivity contribution in [1.82, 2.24) is 5.32 Å². The Hall–Kier alpha value is -1.84. The molecule has 0 saturated heterocycles. The molecule has 0 bridgehead atoms. The van der Waals surface area contributed by atoms with Crippen molar-refractivity contribution in [3.8, 4) is 0 Å². The number of carboxylic acid groups (broad SMARTS) is 1. The predicted molar refractivity (Wildman–Crippen MR) is 88.0 cm³/mol. The van der Waals surface area contributed by atoms with Gasteiger partial charge in [-0.25, -0.2) is 0 Å². The van der Waals surface area contributed by atoms with Gasteiger partial charge in [-0.05, 0) is 56.4 Å². The molecule has 2 aliphatic rings. The van der Waals surface area contributed by atoms with E-state index in [0.29, 0.717) is 18.8 Å². The fraction of sp³-hybridized carbons (Fsp3) is 0.579. The smallest absolute Gasteiger partial charge is 0.306 e. The highest BCUT2D eigenvalue weighted by Gasteiger charge is 2.33.